The topological polar surface area (TPSA) is 75.6 Å². The van der Waals surface area contributed by atoms with Crippen molar-refractivity contribution in [1.29, 1.82) is 0 Å². The molecule has 1 aromatic heterocycles. The summed E-state index contributed by atoms with van der Waals surface area (Å²) in [5, 5.41) is 13.4. The SMILES string of the molecule is O=C(COc1cccc(Br)c1)NC(C(=O)O)c1cccs1. The molecule has 0 radical (unpaired) electrons. The molecular weight excluding hydrogens is 358 g/mol. The summed E-state index contributed by atoms with van der Waals surface area (Å²) in [4.78, 5) is 23.6. The molecule has 0 saturated heterocycles. The van der Waals surface area contributed by atoms with E-state index >= 15 is 0 Å². The van der Waals surface area contributed by atoms with Crippen LogP contribution in [0.2, 0.25) is 0 Å². The van der Waals surface area contributed by atoms with Crippen molar-refractivity contribution >= 4 is 39.1 Å². The number of halogens is 1. The van der Waals surface area contributed by atoms with Crippen molar-refractivity contribution in [1.82, 2.24) is 5.32 Å². The number of thiophene rings is 1. The first-order chi connectivity index (χ1) is 10.1. The molecule has 0 spiro atoms. The Kier molecular flexibility index (Phi) is 5.35. The molecule has 0 fully saturated rings. The van der Waals surface area contributed by atoms with Gasteiger partial charge in [-0.1, -0.05) is 28.1 Å². The number of carboxylic acids is 1. The number of nitrogens with one attached hydrogen (secondary N) is 1. The lowest BCUT2D eigenvalue weighted by Gasteiger charge is -2.13. The third-order valence-corrected chi connectivity index (χ3v) is 3.98. The standard InChI is InChI=1S/C14H12BrNO4S/c15-9-3-1-4-10(7-9)20-8-12(17)16-13(14(18)19)11-5-2-6-21-11/h1-7,13H,8H2,(H,16,17)(H,18,19). The smallest absolute Gasteiger partial charge is 0.331 e. The van der Waals surface area contributed by atoms with Crippen LogP contribution < -0.4 is 10.1 Å². The van der Waals surface area contributed by atoms with Gasteiger partial charge in [0.1, 0.15) is 5.75 Å². The highest BCUT2D eigenvalue weighted by atomic mass is 79.9. The molecule has 0 aliphatic rings. The second kappa shape index (κ2) is 7.24. The summed E-state index contributed by atoms with van der Waals surface area (Å²) in [6.45, 7) is -0.244. The van der Waals surface area contributed by atoms with Gasteiger partial charge in [-0.3, -0.25) is 4.79 Å². The van der Waals surface area contributed by atoms with Gasteiger partial charge < -0.3 is 15.2 Å². The van der Waals surface area contributed by atoms with Crippen molar-refractivity contribution in [2.45, 2.75) is 6.04 Å². The summed E-state index contributed by atoms with van der Waals surface area (Å²) in [5.41, 5.74) is 0. The first-order valence-corrected chi connectivity index (χ1v) is 7.67. The van der Waals surface area contributed by atoms with Gasteiger partial charge in [-0.05, 0) is 29.6 Å². The molecule has 0 aliphatic heterocycles. The first-order valence-electron chi connectivity index (χ1n) is 6.00. The van der Waals surface area contributed by atoms with Gasteiger partial charge >= 0.3 is 5.97 Å². The number of hydrogen-bond acceptors (Lipinski definition) is 4. The zero-order chi connectivity index (χ0) is 15.2. The van der Waals surface area contributed by atoms with Gasteiger partial charge in [0.2, 0.25) is 0 Å². The van der Waals surface area contributed by atoms with Crippen molar-refractivity contribution in [3.63, 3.8) is 0 Å². The Balaban J connectivity index is 1.92. The number of amides is 1. The molecule has 2 rings (SSSR count). The van der Waals surface area contributed by atoms with Gasteiger partial charge in [-0.25, -0.2) is 4.79 Å². The number of benzene rings is 1. The molecule has 0 bridgehead atoms. The number of aliphatic carboxylic acids is 1. The Labute approximate surface area is 133 Å². The van der Waals surface area contributed by atoms with E-state index in [-0.39, 0.29) is 6.61 Å². The van der Waals surface area contributed by atoms with Crippen LogP contribution in [0.15, 0.2) is 46.3 Å². The molecule has 1 aromatic carbocycles. The van der Waals surface area contributed by atoms with Gasteiger partial charge in [0, 0.05) is 9.35 Å². The van der Waals surface area contributed by atoms with E-state index in [0.29, 0.717) is 10.6 Å². The quantitative estimate of drug-likeness (QED) is 0.820. The van der Waals surface area contributed by atoms with Crippen molar-refractivity contribution in [2.75, 3.05) is 6.61 Å². The molecule has 1 heterocycles. The number of carbonyl (C=O) groups excluding carboxylic acids is 1. The van der Waals surface area contributed by atoms with Crippen LogP contribution in [0.3, 0.4) is 0 Å². The average Bonchev–Trinajstić information content (AvgIpc) is 2.96. The summed E-state index contributed by atoms with van der Waals surface area (Å²) in [6.07, 6.45) is 0. The van der Waals surface area contributed by atoms with Crippen LogP contribution in [0.4, 0.5) is 0 Å². The van der Waals surface area contributed by atoms with Crippen molar-refractivity contribution < 1.29 is 19.4 Å². The summed E-state index contributed by atoms with van der Waals surface area (Å²) in [5.74, 6) is -1.06. The normalized spacial score (nSPS) is 11.7. The maximum atomic E-state index is 11.8. The van der Waals surface area contributed by atoms with Crippen LogP contribution in [0.25, 0.3) is 0 Å². The number of ether oxygens (including phenoxy) is 1. The van der Waals surface area contributed by atoms with E-state index < -0.39 is 17.9 Å². The van der Waals surface area contributed by atoms with Gasteiger partial charge in [-0.15, -0.1) is 11.3 Å². The Hall–Kier alpha value is -1.86. The highest BCUT2D eigenvalue weighted by Crippen LogP contribution is 2.20. The third-order valence-electron chi connectivity index (χ3n) is 2.55. The molecule has 7 heteroatoms. The fourth-order valence-electron chi connectivity index (χ4n) is 1.62. The van der Waals surface area contributed by atoms with Gasteiger partial charge in [0.05, 0.1) is 0 Å². The van der Waals surface area contributed by atoms with Crippen molar-refractivity contribution in [3.8, 4) is 5.75 Å². The first kappa shape index (κ1) is 15.5. The minimum absolute atomic E-state index is 0.244. The predicted molar refractivity (Wildman–Crippen MR) is 82.5 cm³/mol. The third kappa shape index (κ3) is 4.57. The largest absolute Gasteiger partial charge is 0.484 e. The summed E-state index contributed by atoms with van der Waals surface area (Å²) < 4.78 is 6.15. The highest BCUT2D eigenvalue weighted by molar-refractivity contribution is 9.10. The molecule has 2 N–H and O–H groups in total. The zero-order valence-electron chi connectivity index (χ0n) is 10.8. The lowest BCUT2D eigenvalue weighted by molar-refractivity contribution is -0.142. The predicted octanol–water partition coefficient (Wildman–Crippen LogP) is 2.83. The number of carboxylic acid groups (broad SMARTS) is 1. The van der Waals surface area contributed by atoms with Crippen LogP contribution in [-0.2, 0) is 9.59 Å². The molecule has 110 valence electrons. The Morgan fingerprint density at radius 2 is 2.14 bits per heavy atom. The molecule has 1 unspecified atom stereocenters. The zero-order valence-corrected chi connectivity index (χ0v) is 13.2. The minimum atomic E-state index is -1.10. The van der Waals surface area contributed by atoms with Crippen LogP contribution in [0, 0.1) is 0 Å². The van der Waals surface area contributed by atoms with Gasteiger partial charge in [0.15, 0.2) is 12.6 Å². The molecular formula is C14H12BrNO4S. The minimum Gasteiger partial charge on any atom is -0.484 e. The van der Waals surface area contributed by atoms with Crippen molar-refractivity contribution in [3.05, 3.63) is 51.1 Å². The molecule has 0 aliphatic carbocycles. The lowest BCUT2D eigenvalue weighted by atomic mass is 10.2. The summed E-state index contributed by atoms with van der Waals surface area (Å²) in [6, 6.07) is 9.41. The Bertz CT molecular complexity index is 630. The van der Waals surface area contributed by atoms with Crippen LogP contribution in [0.5, 0.6) is 5.75 Å². The van der Waals surface area contributed by atoms with Crippen molar-refractivity contribution in [2.24, 2.45) is 0 Å². The lowest BCUT2D eigenvalue weighted by Crippen LogP contribution is -2.36. The van der Waals surface area contributed by atoms with E-state index in [1.807, 2.05) is 6.07 Å². The summed E-state index contributed by atoms with van der Waals surface area (Å²) >= 11 is 4.57. The summed E-state index contributed by atoms with van der Waals surface area (Å²) in [7, 11) is 0. The molecule has 0 saturated carbocycles. The second-order valence-corrected chi connectivity index (χ2v) is 6.00. The fraction of sp³-hybridized carbons (Fsp3) is 0.143. The molecule has 21 heavy (non-hydrogen) atoms. The van der Waals surface area contributed by atoms with E-state index in [0.717, 1.165) is 4.47 Å². The fourth-order valence-corrected chi connectivity index (χ4v) is 2.76. The molecule has 1 atom stereocenters. The molecule has 5 nitrogen and oxygen atoms in total. The Morgan fingerprint density at radius 3 is 2.76 bits per heavy atom. The average molecular weight is 370 g/mol. The molecule has 2 aromatic rings. The van der Waals surface area contributed by atoms with Crippen LogP contribution in [0.1, 0.15) is 10.9 Å². The van der Waals surface area contributed by atoms with Gasteiger partial charge in [0.25, 0.3) is 5.91 Å². The Morgan fingerprint density at radius 1 is 1.33 bits per heavy atom. The maximum absolute atomic E-state index is 11.8. The van der Waals surface area contributed by atoms with Crippen LogP contribution in [-0.4, -0.2) is 23.6 Å². The monoisotopic (exact) mass is 369 g/mol. The van der Waals surface area contributed by atoms with E-state index in [1.54, 1.807) is 35.7 Å². The highest BCUT2D eigenvalue weighted by Gasteiger charge is 2.23. The maximum Gasteiger partial charge on any atom is 0.331 e. The second-order valence-electron chi connectivity index (χ2n) is 4.10. The van der Waals surface area contributed by atoms with E-state index in [2.05, 4.69) is 21.2 Å². The van der Waals surface area contributed by atoms with E-state index in [4.69, 9.17) is 9.84 Å². The molecule has 1 amide bonds. The number of hydrogen-bond donors (Lipinski definition) is 2. The van der Waals surface area contributed by atoms with E-state index in [9.17, 15) is 9.59 Å². The van der Waals surface area contributed by atoms with Crippen LogP contribution >= 0.6 is 27.3 Å². The number of carbonyl (C=O) groups is 2. The number of rotatable bonds is 6. The van der Waals surface area contributed by atoms with Gasteiger partial charge in [-0.2, -0.15) is 0 Å². The van der Waals surface area contributed by atoms with E-state index in [1.165, 1.54) is 11.3 Å².